The van der Waals surface area contributed by atoms with Crippen LogP contribution in [0.1, 0.15) is 35.4 Å². The van der Waals surface area contributed by atoms with Gasteiger partial charge in [-0.2, -0.15) is 0 Å². The van der Waals surface area contributed by atoms with Crippen LogP contribution in [0.2, 0.25) is 0 Å². The Labute approximate surface area is 162 Å². The Morgan fingerprint density at radius 2 is 2.07 bits per heavy atom. The lowest BCUT2D eigenvalue weighted by Gasteiger charge is -2.30. The summed E-state index contributed by atoms with van der Waals surface area (Å²) < 4.78 is 5.59. The zero-order valence-corrected chi connectivity index (χ0v) is 16.3. The summed E-state index contributed by atoms with van der Waals surface area (Å²) in [5.41, 5.74) is 5.37. The maximum Gasteiger partial charge on any atom is 0.122 e. The van der Waals surface area contributed by atoms with Crippen LogP contribution in [0.25, 0.3) is 10.9 Å². The van der Waals surface area contributed by atoms with E-state index in [1.165, 1.54) is 34.9 Å². The molecule has 3 heteroatoms. The molecule has 0 saturated heterocycles. The predicted molar refractivity (Wildman–Crippen MR) is 112 cm³/mol. The van der Waals surface area contributed by atoms with Gasteiger partial charge in [0.15, 0.2) is 0 Å². The SMILES string of the molecule is COc1cccc2c1CCCC2CN(C)CCc1ccc2ncccc2c1. The molecule has 140 valence electrons. The molecule has 0 radical (unpaired) electrons. The van der Waals surface area contributed by atoms with E-state index in [0.717, 1.165) is 37.2 Å². The second-order valence-electron chi connectivity index (χ2n) is 7.66. The smallest absolute Gasteiger partial charge is 0.122 e. The predicted octanol–water partition coefficient (Wildman–Crippen LogP) is 4.84. The highest BCUT2D eigenvalue weighted by atomic mass is 16.5. The molecule has 1 heterocycles. The minimum Gasteiger partial charge on any atom is -0.496 e. The molecule has 0 amide bonds. The minimum atomic E-state index is 0.606. The monoisotopic (exact) mass is 360 g/mol. The third kappa shape index (κ3) is 3.98. The number of pyridine rings is 1. The van der Waals surface area contributed by atoms with Crippen LogP contribution >= 0.6 is 0 Å². The number of hydrogen-bond acceptors (Lipinski definition) is 3. The summed E-state index contributed by atoms with van der Waals surface area (Å²) in [6.07, 6.45) is 6.59. The number of likely N-dealkylation sites (N-methyl/N-ethyl adjacent to an activating group) is 1. The van der Waals surface area contributed by atoms with Crippen molar-refractivity contribution in [2.75, 3.05) is 27.2 Å². The van der Waals surface area contributed by atoms with E-state index in [1.54, 1.807) is 7.11 Å². The molecule has 1 unspecified atom stereocenters. The normalized spacial score (nSPS) is 16.5. The molecule has 4 rings (SSSR count). The zero-order valence-electron chi connectivity index (χ0n) is 16.3. The summed E-state index contributed by atoms with van der Waals surface area (Å²) in [5, 5.41) is 1.23. The Morgan fingerprint density at radius 3 is 2.96 bits per heavy atom. The fraction of sp³-hybridized carbons (Fsp3) is 0.375. The van der Waals surface area contributed by atoms with Crippen molar-refractivity contribution in [3.8, 4) is 5.75 Å². The molecule has 0 fully saturated rings. The molecule has 0 aliphatic heterocycles. The van der Waals surface area contributed by atoms with Gasteiger partial charge in [-0.05, 0) is 79.6 Å². The van der Waals surface area contributed by atoms with Crippen LogP contribution < -0.4 is 4.74 Å². The fourth-order valence-electron chi connectivity index (χ4n) is 4.36. The van der Waals surface area contributed by atoms with Crippen LogP contribution in [0.15, 0.2) is 54.7 Å². The first-order chi connectivity index (χ1) is 13.2. The van der Waals surface area contributed by atoms with E-state index in [-0.39, 0.29) is 0 Å². The van der Waals surface area contributed by atoms with Crippen molar-refractivity contribution in [3.63, 3.8) is 0 Å². The lowest BCUT2D eigenvalue weighted by molar-refractivity contribution is 0.299. The lowest BCUT2D eigenvalue weighted by Crippen LogP contribution is -2.28. The number of hydrogen-bond donors (Lipinski definition) is 0. The van der Waals surface area contributed by atoms with Crippen molar-refractivity contribution in [3.05, 3.63) is 71.4 Å². The van der Waals surface area contributed by atoms with Gasteiger partial charge in [-0.15, -0.1) is 0 Å². The highest BCUT2D eigenvalue weighted by Gasteiger charge is 2.23. The van der Waals surface area contributed by atoms with E-state index in [1.807, 2.05) is 12.3 Å². The molecule has 3 nitrogen and oxygen atoms in total. The summed E-state index contributed by atoms with van der Waals surface area (Å²) in [5.74, 6) is 1.67. The molecule has 1 aliphatic carbocycles. The molecule has 1 aromatic heterocycles. The van der Waals surface area contributed by atoms with E-state index < -0.39 is 0 Å². The van der Waals surface area contributed by atoms with Crippen molar-refractivity contribution in [2.45, 2.75) is 31.6 Å². The third-order valence-corrected chi connectivity index (χ3v) is 5.79. The highest BCUT2D eigenvalue weighted by molar-refractivity contribution is 5.78. The van der Waals surface area contributed by atoms with Gasteiger partial charge >= 0.3 is 0 Å². The Kier molecular flexibility index (Phi) is 5.40. The van der Waals surface area contributed by atoms with Crippen molar-refractivity contribution in [1.29, 1.82) is 0 Å². The van der Waals surface area contributed by atoms with Gasteiger partial charge in [-0.1, -0.05) is 24.3 Å². The van der Waals surface area contributed by atoms with E-state index in [9.17, 15) is 0 Å². The standard InChI is InChI=1S/C24H28N2O/c1-26(15-13-18-11-12-23-19(16-18)7-5-14-25-23)17-20-6-3-9-22-21(20)8-4-10-24(22)27-2/h4-5,7-8,10-12,14,16,20H,3,6,9,13,15,17H2,1-2H3. The molecular formula is C24H28N2O. The van der Waals surface area contributed by atoms with Gasteiger partial charge in [-0.3, -0.25) is 4.98 Å². The van der Waals surface area contributed by atoms with Gasteiger partial charge in [-0.25, -0.2) is 0 Å². The van der Waals surface area contributed by atoms with Gasteiger partial charge in [0, 0.05) is 24.7 Å². The molecule has 0 saturated carbocycles. The van der Waals surface area contributed by atoms with Crippen LogP contribution in [0, 0.1) is 0 Å². The van der Waals surface area contributed by atoms with Gasteiger partial charge < -0.3 is 9.64 Å². The number of rotatable bonds is 6. The number of aromatic nitrogens is 1. The van der Waals surface area contributed by atoms with Crippen LogP contribution in [-0.2, 0) is 12.8 Å². The molecule has 3 aromatic rings. The number of benzene rings is 2. The molecular weight excluding hydrogens is 332 g/mol. The Balaban J connectivity index is 1.40. The molecule has 0 bridgehead atoms. The first-order valence-electron chi connectivity index (χ1n) is 9.92. The summed E-state index contributed by atoms with van der Waals surface area (Å²) in [7, 11) is 4.03. The van der Waals surface area contributed by atoms with Gasteiger partial charge in [0.2, 0.25) is 0 Å². The number of nitrogens with zero attached hydrogens (tertiary/aromatic N) is 2. The summed E-state index contributed by atoms with van der Waals surface area (Å²) >= 11 is 0. The Bertz CT molecular complexity index is 921. The van der Waals surface area contributed by atoms with Crippen LogP contribution in [-0.4, -0.2) is 37.1 Å². The largest absolute Gasteiger partial charge is 0.496 e. The van der Waals surface area contributed by atoms with Crippen LogP contribution in [0.3, 0.4) is 0 Å². The quantitative estimate of drug-likeness (QED) is 0.629. The number of methoxy groups -OCH3 is 1. The summed E-state index contributed by atoms with van der Waals surface area (Å²) in [6.45, 7) is 2.18. The van der Waals surface area contributed by atoms with E-state index in [0.29, 0.717) is 5.92 Å². The van der Waals surface area contributed by atoms with Crippen LogP contribution in [0.5, 0.6) is 5.75 Å². The minimum absolute atomic E-state index is 0.606. The fourth-order valence-corrected chi connectivity index (χ4v) is 4.36. The maximum atomic E-state index is 5.59. The molecule has 1 aliphatic rings. The van der Waals surface area contributed by atoms with E-state index >= 15 is 0 Å². The van der Waals surface area contributed by atoms with Crippen molar-refractivity contribution >= 4 is 10.9 Å². The van der Waals surface area contributed by atoms with Gasteiger partial charge in [0.05, 0.1) is 12.6 Å². The average Bonchev–Trinajstić information content (AvgIpc) is 2.72. The topological polar surface area (TPSA) is 25.4 Å². The molecule has 2 aromatic carbocycles. The van der Waals surface area contributed by atoms with E-state index in [4.69, 9.17) is 4.74 Å². The van der Waals surface area contributed by atoms with Gasteiger partial charge in [0.1, 0.15) is 5.75 Å². The Morgan fingerprint density at radius 1 is 1.15 bits per heavy atom. The summed E-state index contributed by atoms with van der Waals surface area (Å²) in [4.78, 5) is 6.89. The Hall–Kier alpha value is -2.39. The first kappa shape index (κ1) is 18.0. The summed E-state index contributed by atoms with van der Waals surface area (Å²) in [6, 6.07) is 17.3. The second kappa shape index (κ2) is 8.10. The van der Waals surface area contributed by atoms with E-state index in [2.05, 4.69) is 59.4 Å². The first-order valence-corrected chi connectivity index (χ1v) is 9.92. The third-order valence-electron chi connectivity index (χ3n) is 5.79. The zero-order chi connectivity index (χ0) is 18.6. The number of fused-ring (bicyclic) bond motifs is 2. The molecule has 27 heavy (non-hydrogen) atoms. The highest BCUT2D eigenvalue weighted by Crippen LogP contribution is 2.36. The average molecular weight is 361 g/mol. The second-order valence-corrected chi connectivity index (χ2v) is 7.66. The van der Waals surface area contributed by atoms with Gasteiger partial charge in [0.25, 0.3) is 0 Å². The van der Waals surface area contributed by atoms with Crippen molar-refractivity contribution in [1.82, 2.24) is 9.88 Å². The molecule has 0 spiro atoms. The molecule has 1 atom stereocenters. The van der Waals surface area contributed by atoms with Crippen molar-refractivity contribution < 1.29 is 4.74 Å². The van der Waals surface area contributed by atoms with Crippen molar-refractivity contribution in [2.24, 2.45) is 0 Å². The maximum absolute atomic E-state index is 5.59. The van der Waals surface area contributed by atoms with Crippen LogP contribution in [0.4, 0.5) is 0 Å². The number of ether oxygens (including phenoxy) is 1. The lowest BCUT2D eigenvalue weighted by atomic mass is 9.82. The molecule has 0 N–H and O–H groups in total.